The van der Waals surface area contributed by atoms with Crippen molar-refractivity contribution in [2.45, 2.75) is 50.6 Å². The smallest absolute Gasteiger partial charge is 0.368 e. The van der Waals surface area contributed by atoms with Gasteiger partial charge in [-0.25, -0.2) is 0 Å². The second-order valence-electron chi connectivity index (χ2n) is 6.59. The molecule has 2 aliphatic carbocycles. The summed E-state index contributed by atoms with van der Waals surface area (Å²) >= 11 is 0. The molecule has 2 rings (SSSR count). The van der Waals surface area contributed by atoms with Crippen molar-refractivity contribution in [3.8, 4) is 0 Å². The lowest BCUT2D eigenvalue weighted by Crippen LogP contribution is -2.40. The molecular formula is C13H22F2O5S. The third kappa shape index (κ3) is 4.12. The fourth-order valence-electron chi connectivity index (χ4n) is 3.86. The van der Waals surface area contributed by atoms with Crippen LogP contribution in [-0.2, 0) is 14.9 Å². The van der Waals surface area contributed by atoms with Crippen LogP contribution in [0, 0.1) is 23.7 Å². The van der Waals surface area contributed by atoms with Crippen molar-refractivity contribution < 1.29 is 31.6 Å². The van der Waals surface area contributed by atoms with Gasteiger partial charge in [-0.3, -0.25) is 4.55 Å². The highest BCUT2D eigenvalue weighted by Gasteiger charge is 2.46. The Hall–Kier alpha value is -0.310. The molecule has 3 atom stereocenters. The third-order valence-corrected chi connectivity index (χ3v) is 5.49. The minimum atomic E-state index is -5.52. The van der Waals surface area contributed by atoms with Gasteiger partial charge in [-0.15, -0.1) is 0 Å². The van der Waals surface area contributed by atoms with Crippen LogP contribution in [0.15, 0.2) is 0 Å². The highest BCUT2D eigenvalue weighted by molar-refractivity contribution is 7.86. The fraction of sp³-hybridized carbons (Fsp3) is 1.00. The minimum absolute atomic E-state index is 0.251. The van der Waals surface area contributed by atoms with Gasteiger partial charge in [0.25, 0.3) is 0 Å². The maximum absolute atomic E-state index is 13.1. The molecule has 0 aromatic carbocycles. The van der Waals surface area contributed by atoms with Crippen molar-refractivity contribution in [1.82, 2.24) is 0 Å². The lowest BCUT2D eigenvalue weighted by atomic mass is 9.65. The highest BCUT2D eigenvalue weighted by Crippen LogP contribution is 2.45. The molecule has 3 unspecified atom stereocenters. The summed E-state index contributed by atoms with van der Waals surface area (Å²) in [6, 6.07) is 0. The largest absolute Gasteiger partial charge is 0.392 e. The van der Waals surface area contributed by atoms with E-state index in [1.807, 2.05) is 0 Å². The van der Waals surface area contributed by atoms with E-state index in [2.05, 4.69) is 11.7 Å². The van der Waals surface area contributed by atoms with E-state index in [1.54, 1.807) is 0 Å². The molecule has 8 heteroatoms. The predicted octanol–water partition coefficient (Wildman–Crippen LogP) is 2.26. The molecule has 2 fully saturated rings. The standard InChI is InChI=1S/C13H22F2O5S/c1-8-2-9-4-10(3-8)6-11(5-9)12(16)20-7-13(14,15)21(17,18)19/h8-12,16H,2-7H2,1H3,(H,17,18,19). The number of aliphatic hydroxyl groups is 1. The van der Waals surface area contributed by atoms with Gasteiger partial charge in [-0.1, -0.05) is 6.92 Å². The molecule has 0 aliphatic heterocycles. The molecule has 0 heterocycles. The molecule has 0 aromatic heterocycles. The number of halogens is 2. The zero-order valence-corrected chi connectivity index (χ0v) is 12.7. The van der Waals surface area contributed by atoms with Crippen LogP contribution in [0.4, 0.5) is 8.78 Å². The number of hydrogen-bond donors (Lipinski definition) is 2. The lowest BCUT2D eigenvalue weighted by molar-refractivity contribution is -0.178. The molecule has 0 spiro atoms. The Balaban J connectivity index is 1.88. The molecule has 5 nitrogen and oxygen atoms in total. The van der Waals surface area contributed by atoms with Gasteiger partial charge in [0, 0.05) is 5.92 Å². The van der Waals surface area contributed by atoms with Crippen LogP contribution in [0.5, 0.6) is 0 Å². The summed E-state index contributed by atoms with van der Waals surface area (Å²) in [5, 5.41) is 5.50. The van der Waals surface area contributed by atoms with Gasteiger partial charge in [0.05, 0.1) is 0 Å². The number of fused-ring (bicyclic) bond motifs is 2. The summed E-state index contributed by atoms with van der Waals surface area (Å²) in [7, 11) is -5.52. The Kier molecular flexibility index (Phi) is 4.92. The molecule has 2 saturated carbocycles. The fourth-order valence-corrected chi connectivity index (χ4v) is 4.08. The highest BCUT2D eigenvalue weighted by atomic mass is 32.2. The van der Waals surface area contributed by atoms with E-state index in [-0.39, 0.29) is 5.92 Å². The summed E-state index contributed by atoms with van der Waals surface area (Å²) in [5.41, 5.74) is 0. The first kappa shape index (κ1) is 17.1. The van der Waals surface area contributed by atoms with Gasteiger partial charge in [0.2, 0.25) is 0 Å². The van der Waals surface area contributed by atoms with Crippen molar-refractivity contribution in [1.29, 1.82) is 0 Å². The first-order valence-corrected chi connectivity index (χ1v) is 8.67. The molecule has 2 aliphatic rings. The Morgan fingerprint density at radius 2 is 1.71 bits per heavy atom. The Morgan fingerprint density at radius 3 is 2.19 bits per heavy atom. The number of ether oxygens (including phenoxy) is 1. The molecule has 0 aromatic rings. The number of rotatable bonds is 5. The molecule has 0 radical (unpaired) electrons. The third-order valence-electron chi connectivity index (χ3n) is 4.61. The molecule has 2 N–H and O–H groups in total. The van der Waals surface area contributed by atoms with Crippen molar-refractivity contribution in [2.24, 2.45) is 23.7 Å². The van der Waals surface area contributed by atoms with E-state index in [4.69, 9.17) is 4.55 Å². The average Bonchev–Trinajstić information content (AvgIpc) is 2.33. The zero-order valence-electron chi connectivity index (χ0n) is 11.9. The van der Waals surface area contributed by atoms with Gasteiger partial charge < -0.3 is 9.84 Å². The van der Waals surface area contributed by atoms with Crippen molar-refractivity contribution in [3.63, 3.8) is 0 Å². The van der Waals surface area contributed by atoms with Crippen LogP contribution < -0.4 is 0 Å². The van der Waals surface area contributed by atoms with Gasteiger partial charge >= 0.3 is 15.4 Å². The first-order chi connectivity index (χ1) is 9.58. The van der Waals surface area contributed by atoms with Crippen LogP contribution in [0.2, 0.25) is 0 Å². The number of aliphatic hydroxyl groups excluding tert-OH is 1. The zero-order chi connectivity index (χ0) is 15.8. The van der Waals surface area contributed by atoms with Crippen LogP contribution in [0.25, 0.3) is 0 Å². The molecule has 0 amide bonds. The maximum atomic E-state index is 13.1. The van der Waals surface area contributed by atoms with E-state index in [0.717, 1.165) is 19.3 Å². The van der Waals surface area contributed by atoms with Gasteiger partial charge in [0.1, 0.15) is 6.61 Å². The first-order valence-electron chi connectivity index (χ1n) is 7.23. The number of hydrogen-bond acceptors (Lipinski definition) is 4. The summed E-state index contributed by atoms with van der Waals surface area (Å²) in [4.78, 5) is 0. The maximum Gasteiger partial charge on any atom is 0.392 e. The van der Waals surface area contributed by atoms with Gasteiger partial charge in [0.15, 0.2) is 6.29 Å². The van der Waals surface area contributed by atoms with Crippen LogP contribution in [0.3, 0.4) is 0 Å². The van der Waals surface area contributed by atoms with Crippen molar-refractivity contribution >= 4 is 10.1 Å². The summed E-state index contributed by atoms with van der Waals surface area (Å²) in [6.07, 6.45) is 3.24. The van der Waals surface area contributed by atoms with Crippen LogP contribution >= 0.6 is 0 Å². The van der Waals surface area contributed by atoms with E-state index in [1.165, 1.54) is 0 Å². The second kappa shape index (κ2) is 6.06. The molecule has 21 heavy (non-hydrogen) atoms. The molecular weight excluding hydrogens is 306 g/mol. The van der Waals surface area contributed by atoms with E-state index in [9.17, 15) is 22.3 Å². The average molecular weight is 328 g/mol. The normalized spacial score (nSPS) is 35.5. The Labute approximate surface area is 123 Å². The Bertz CT molecular complexity index is 449. The molecule has 2 bridgehead atoms. The number of alkyl halides is 2. The van der Waals surface area contributed by atoms with Crippen molar-refractivity contribution in [2.75, 3.05) is 6.61 Å². The van der Waals surface area contributed by atoms with E-state index >= 15 is 0 Å². The van der Waals surface area contributed by atoms with Gasteiger partial charge in [-0.2, -0.15) is 17.2 Å². The summed E-state index contributed by atoms with van der Waals surface area (Å²) in [5.74, 6) is 1.34. The summed E-state index contributed by atoms with van der Waals surface area (Å²) in [6.45, 7) is 0.661. The second-order valence-corrected chi connectivity index (χ2v) is 8.14. The molecule has 0 saturated heterocycles. The van der Waals surface area contributed by atoms with Crippen LogP contribution in [-0.4, -0.2) is 36.2 Å². The summed E-state index contributed by atoms with van der Waals surface area (Å²) < 4.78 is 60.1. The SMILES string of the molecule is CC1CC2CC(C1)CC(C(O)OCC(F)(F)S(=O)(=O)O)C2. The lowest BCUT2D eigenvalue weighted by Gasteiger charge is -2.42. The predicted molar refractivity (Wildman–Crippen MR) is 71.2 cm³/mol. The minimum Gasteiger partial charge on any atom is -0.368 e. The quantitative estimate of drug-likeness (QED) is 0.597. The van der Waals surface area contributed by atoms with Gasteiger partial charge in [-0.05, 0) is 49.9 Å². The van der Waals surface area contributed by atoms with E-state index < -0.39 is 28.3 Å². The van der Waals surface area contributed by atoms with Crippen LogP contribution in [0.1, 0.15) is 39.0 Å². The Morgan fingerprint density at radius 1 is 1.19 bits per heavy atom. The van der Waals surface area contributed by atoms with Crippen molar-refractivity contribution in [3.05, 3.63) is 0 Å². The molecule has 124 valence electrons. The monoisotopic (exact) mass is 328 g/mol. The topological polar surface area (TPSA) is 83.8 Å². The van der Waals surface area contributed by atoms with E-state index in [0.29, 0.717) is 30.6 Å².